The lowest BCUT2D eigenvalue weighted by molar-refractivity contribution is -0.0499. The number of rotatable bonds is 3. The van der Waals surface area contributed by atoms with Gasteiger partial charge in [-0.15, -0.1) is 0 Å². The van der Waals surface area contributed by atoms with Gasteiger partial charge in [-0.2, -0.15) is 37.0 Å². The van der Waals surface area contributed by atoms with Crippen LogP contribution in [-0.2, 0) is 10.1 Å². The Labute approximate surface area is 183 Å². The minimum Gasteiger partial charge on any atom is -0.374 e. The number of aromatic amines is 1. The summed E-state index contributed by atoms with van der Waals surface area (Å²) in [6.45, 7) is 6.50. The molecule has 174 valence electrons. The number of nitrogens with one attached hydrogen (secondary N) is 2. The van der Waals surface area contributed by atoms with Gasteiger partial charge in [0.15, 0.2) is 5.75 Å². The van der Waals surface area contributed by atoms with Gasteiger partial charge < -0.3 is 9.50 Å². The second-order valence-corrected chi connectivity index (χ2v) is 7.87. The number of halogens is 3. The van der Waals surface area contributed by atoms with Crippen LogP contribution >= 0.6 is 0 Å². The van der Waals surface area contributed by atoms with Crippen LogP contribution in [0.4, 0.5) is 13.2 Å². The molecule has 1 aliphatic heterocycles. The Kier molecular flexibility index (Phi) is 8.62. The second-order valence-electron chi connectivity index (χ2n) is 6.34. The molecule has 0 saturated carbocycles. The first-order valence-electron chi connectivity index (χ1n) is 9.85. The summed E-state index contributed by atoms with van der Waals surface area (Å²) < 4.78 is 65.7. The molecule has 0 spiro atoms. The number of nitriles is 1. The number of nitrogens with zero attached hydrogens (tertiary/aromatic N) is 4. The van der Waals surface area contributed by atoms with E-state index in [2.05, 4.69) is 24.8 Å². The molecule has 0 amide bonds. The van der Waals surface area contributed by atoms with Crippen molar-refractivity contribution in [2.45, 2.75) is 38.6 Å². The van der Waals surface area contributed by atoms with Crippen LogP contribution in [0.15, 0.2) is 30.9 Å². The van der Waals surface area contributed by atoms with Crippen molar-refractivity contribution >= 4 is 15.6 Å². The highest BCUT2D eigenvalue weighted by Crippen LogP contribution is 2.33. The molecule has 4 rings (SSSR count). The van der Waals surface area contributed by atoms with Gasteiger partial charge in [0.1, 0.15) is 17.1 Å². The fourth-order valence-corrected chi connectivity index (χ4v) is 3.22. The molecule has 0 atom stereocenters. The van der Waals surface area contributed by atoms with E-state index in [9.17, 15) is 21.6 Å². The molecule has 0 aliphatic carbocycles. The molecule has 0 unspecified atom stereocenters. The van der Waals surface area contributed by atoms with Crippen molar-refractivity contribution in [2.24, 2.45) is 0 Å². The Morgan fingerprint density at radius 1 is 1.16 bits per heavy atom. The zero-order chi connectivity index (χ0) is 23.8. The maximum atomic E-state index is 12.6. The van der Waals surface area contributed by atoms with E-state index in [1.54, 1.807) is 6.07 Å². The quantitative estimate of drug-likeness (QED) is 0.441. The second kappa shape index (κ2) is 11.0. The third kappa shape index (κ3) is 5.98. The first kappa shape index (κ1) is 25.2. The summed E-state index contributed by atoms with van der Waals surface area (Å²) in [5.74, 6) is -0.667. The summed E-state index contributed by atoms with van der Waals surface area (Å²) in [5, 5.41) is 22.3. The summed E-state index contributed by atoms with van der Waals surface area (Å²) in [5.41, 5.74) is -5.20. The topological polar surface area (TPSA) is 125 Å². The van der Waals surface area contributed by atoms with Crippen molar-refractivity contribution in [1.82, 2.24) is 25.1 Å². The average molecular weight is 472 g/mol. The van der Waals surface area contributed by atoms with Crippen molar-refractivity contribution in [3.05, 3.63) is 36.4 Å². The molecule has 3 aromatic heterocycles. The Bertz CT molecular complexity index is 1140. The van der Waals surface area contributed by atoms with Gasteiger partial charge in [0.2, 0.25) is 0 Å². The zero-order valence-electron chi connectivity index (χ0n) is 17.5. The van der Waals surface area contributed by atoms with E-state index >= 15 is 0 Å². The molecule has 3 aromatic rings. The van der Waals surface area contributed by atoms with E-state index in [1.807, 2.05) is 13.8 Å². The van der Waals surface area contributed by atoms with E-state index in [1.165, 1.54) is 50.9 Å². The van der Waals surface area contributed by atoms with Crippen molar-refractivity contribution < 1.29 is 25.8 Å². The van der Waals surface area contributed by atoms with Crippen LogP contribution in [0.3, 0.4) is 0 Å². The molecule has 1 aliphatic rings. The average Bonchev–Trinajstić information content (AvgIpc) is 3.46. The first-order valence-corrected chi connectivity index (χ1v) is 11.3. The van der Waals surface area contributed by atoms with E-state index in [0.717, 1.165) is 16.8 Å². The molecule has 1 saturated heterocycles. The predicted octanol–water partition coefficient (Wildman–Crippen LogP) is 3.61. The molecule has 0 radical (unpaired) electrons. The van der Waals surface area contributed by atoms with Crippen molar-refractivity contribution in [3.8, 4) is 22.9 Å². The van der Waals surface area contributed by atoms with Gasteiger partial charge in [0.25, 0.3) is 0 Å². The largest absolute Gasteiger partial charge is 0.534 e. The lowest BCUT2D eigenvalue weighted by Crippen LogP contribution is -2.28. The molecule has 0 bridgehead atoms. The third-order valence-corrected chi connectivity index (χ3v) is 5.18. The van der Waals surface area contributed by atoms with Crippen LogP contribution in [0.5, 0.6) is 5.75 Å². The fraction of sp³-hybridized carbons (Fsp3) is 0.421. The van der Waals surface area contributed by atoms with Crippen LogP contribution < -0.4 is 9.50 Å². The summed E-state index contributed by atoms with van der Waals surface area (Å²) in [7, 11) is -5.90. The van der Waals surface area contributed by atoms with Crippen LogP contribution in [0.2, 0.25) is 0 Å². The molecular formula is C19H23F3N6O3S. The Balaban J connectivity index is 0.000000387. The molecule has 1 fully saturated rings. The smallest absolute Gasteiger partial charge is 0.374 e. The molecule has 4 heterocycles. The van der Waals surface area contributed by atoms with Gasteiger partial charge in [-0.25, -0.2) is 4.52 Å². The van der Waals surface area contributed by atoms with E-state index < -0.39 is 21.4 Å². The normalized spacial score (nSPS) is 13.9. The van der Waals surface area contributed by atoms with Gasteiger partial charge >= 0.3 is 15.6 Å². The minimum atomic E-state index is -5.90. The van der Waals surface area contributed by atoms with Crippen molar-refractivity contribution in [1.29, 1.82) is 5.26 Å². The maximum Gasteiger partial charge on any atom is 0.534 e. The van der Waals surface area contributed by atoms with Gasteiger partial charge in [-0.05, 0) is 32.0 Å². The number of H-pyrrole nitrogens is 1. The molecule has 32 heavy (non-hydrogen) atoms. The van der Waals surface area contributed by atoms with Crippen LogP contribution in [0.25, 0.3) is 16.6 Å². The number of alkyl halides is 3. The summed E-state index contributed by atoms with van der Waals surface area (Å²) in [6, 6.07) is 2.77. The monoisotopic (exact) mass is 472 g/mol. The first-order chi connectivity index (χ1) is 15.2. The van der Waals surface area contributed by atoms with Crippen LogP contribution in [-0.4, -0.2) is 46.8 Å². The lowest BCUT2D eigenvalue weighted by Gasteiger charge is -2.11. The molecule has 9 nitrogen and oxygen atoms in total. The van der Waals surface area contributed by atoms with E-state index in [4.69, 9.17) is 5.26 Å². The Morgan fingerprint density at radius 3 is 2.31 bits per heavy atom. The molecule has 0 aromatic carbocycles. The lowest BCUT2D eigenvalue weighted by atomic mass is 10.1. The Hall–Kier alpha value is -3.11. The van der Waals surface area contributed by atoms with Crippen LogP contribution in [0.1, 0.15) is 38.7 Å². The standard InChI is InChI=1S/C12H6F3N5O3S.C5H11N.C2H6/c13-12(14,15)24(21,22)23-10-1-7(9-3-17-18-4-9)6-20-11(10)8(2-16)5-19-20;1-2-4-6-5-3-1;1-2/h1,3-6H,(H,17,18);6H,1-5H2;1-2H3. The summed E-state index contributed by atoms with van der Waals surface area (Å²) >= 11 is 0. The zero-order valence-corrected chi connectivity index (χ0v) is 18.3. The van der Waals surface area contributed by atoms with Gasteiger partial charge in [-0.1, -0.05) is 20.3 Å². The molecule has 13 heteroatoms. The minimum absolute atomic E-state index is 0.138. The number of hydrogen-bond donors (Lipinski definition) is 2. The van der Waals surface area contributed by atoms with Crippen LogP contribution in [0, 0.1) is 11.3 Å². The summed E-state index contributed by atoms with van der Waals surface area (Å²) in [4.78, 5) is 0. The van der Waals surface area contributed by atoms with E-state index in [-0.39, 0.29) is 16.6 Å². The SMILES string of the molecule is C1CCNCC1.CC.N#Cc1cnn2cc(-c3cn[nH]c3)cc(OS(=O)(=O)C(F)(F)F)c12. The maximum absolute atomic E-state index is 12.6. The molecule has 2 N–H and O–H groups in total. The number of pyridine rings is 1. The van der Waals surface area contributed by atoms with Gasteiger partial charge in [0, 0.05) is 23.5 Å². The van der Waals surface area contributed by atoms with E-state index in [0.29, 0.717) is 5.56 Å². The Morgan fingerprint density at radius 2 is 1.84 bits per heavy atom. The fourth-order valence-electron chi connectivity index (χ4n) is 2.76. The van der Waals surface area contributed by atoms with Crippen molar-refractivity contribution in [3.63, 3.8) is 0 Å². The van der Waals surface area contributed by atoms with Crippen molar-refractivity contribution in [2.75, 3.05) is 13.1 Å². The number of hydrogen-bond acceptors (Lipinski definition) is 7. The number of fused-ring (bicyclic) bond motifs is 1. The highest BCUT2D eigenvalue weighted by molar-refractivity contribution is 7.88. The van der Waals surface area contributed by atoms with Gasteiger partial charge in [0.05, 0.1) is 12.4 Å². The summed E-state index contributed by atoms with van der Waals surface area (Å²) in [6.07, 6.45) is 9.51. The number of aromatic nitrogens is 4. The third-order valence-electron chi connectivity index (χ3n) is 4.22. The number of piperidine rings is 1. The predicted molar refractivity (Wildman–Crippen MR) is 111 cm³/mol. The highest BCUT2D eigenvalue weighted by Gasteiger charge is 2.49. The molecular weight excluding hydrogens is 449 g/mol. The van der Waals surface area contributed by atoms with Gasteiger partial charge in [-0.3, -0.25) is 5.10 Å². The highest BCUT2D eigenvalue weighted by atomic mass is 32.2.